The highest BCUT2D eigenvalue weighted by molar-refractivity contribution is 5.74. The number of hydrogen-bond donors (Lipinski definition) is 0. The molecule has 0 N–H and O–H groups in total. The monoisotopic (exact) mass is 330 g/mol. The van der Waals surface area contributed by atoms with Crippen molar-refractivity contribution in [1.82, 2.24) is 0 Å². The molecule has 0 saturated carbocycles. The van der Waals surface area contributed by atoms with Crippen molar-refractivity contribution in [2.24, 2.45) is 5.92 Å². The van der Waals surface area contributed by atoms with Crippen LogP contribution in [0.2, 0.25) is 0 Å². The van der Waals surface area contributed by atoms with Gasteiger partial charge in [0.25, 0.3) is 0 Å². The zero-order chi connectivity index (χ0) is 17.2. The van der Waals surface area contributed by atoms with Crippen LogP contribution in [0.4, 0.5) is 0 Å². The van der Waals surface area contributed by atoms with Crippen LogP contribution in [-0.2, 0) is 16.0 Å². The molecule has 2 rings (SSSR count). The van der Waals surface area contributed by atoms with Gasteiger partial charge in [-0.1, -0.05) is 83.1 Å². The molecule has 1 aliphatic heterocycles. The van der Waals surface area contributed by atoms with Crippen molar-refractivity contribution in [2.75, 3.05) is 0 Å². The van der Waals surface area contributed by atoms with E-state index < -0.39 is 0 Å². The number of benzene rings is 1. The fraction of sp³-hybridized carbons (Fsp3) is 0.682. The van der Waals surface area contributed by atoms with Crippen molar-refractivity contribution >= 4 is 5.97 Å². The SMILES string of the molecule is CCCCCCCc1ccc(C2CC(CCCCC)C(=O)O2)cc1. The van der Waals surface area contributed by atoms with E-state index in [-0.39, 0.29) is 18.0 Å². The summed E-state index contributed by atoms with van der Waals surface area (Å²) in [6, 6.07) is 8.75. The number of carbonyl (C=O) groups excluding carboxylic acids is 1. The molecular weight excluding hydrogens is 296 g/mol. The number of rotatable bonds is 11. The number of cyclic esters (lactones) is 1. The van der Waals surface area contributed by atoms with Crippen LogP contribution in [0.1, 0.15) is 95.3 Å². The van der Waals surface area contributed by atoms with Gasteiger partial charge in [0.1, 0.15) is 6.10 Å². The van der Waals surface area contributed by atoms with Gasteiger partial charge in [-0.05, 0) is 30.4 Å². The van der Waals surface area contributed by atoms with Crippen molar-refractivity contribution in [2.45, 2.75) is 90.6 Å². The number of ether oxygens (including phenoxy) is 1. The van der Waals surface area contributed by atoms with Crippen molar-refractivity contribution in [1.29, 1.82) is 0 Å². The average molecular weight is 331 g/mol. The summed E-state index contributed by atoms with van der Waals surface area (Å²) >= 11 is 0. The van der Waals surface area contributed by atoms with Crippen LogP contribution in [-0.4, -0.2) is 5.97 Å². The molecule has 134 valence electrons. The molecule has 2 atom stereocenters. The van der Waals surface area contributed by atoms with Gasteiger partial charge in [-0.2, -0.15) is 0 Å². The van der Waals surface area contributed by atoms with Crippen LogP contribution in [0.25, 0.3) is 0 Å². The predicted molar refractivity (Wildman–Crippen MR) is 100.0 cm³/mol. The Bertz CT molecular complexity index is 477. The smallest absolute Gasteiger partial charge is 0.309 e. The Morgan fingerprint density at radius 2 is 1.58 bits per heavy atom. The zero-order valence-corrected chi connectivity index (χ0v) is 15.6. The molecule has 2 unspecified atom stereocenters. The summed E-state index contributed by atoms with van der Waals surface area (Å²) in [6.07, 6.45) is 13.1. The minimum Gasteiger partial charge on any atom is -0.457 e. The van der Waals surface area contributed by atoms with Crippen molar-refractivity contribution in [3.63, 3.8) is 0 Å². The van der Waals surface area contributed by atoms with E-state index in [4.69, 9.17) is 4.74 Å². The van der Waals surface area contributed by atoms with E-state index in [1.165, 1.54) is 50.5 Å². The molecule has 2 nitrogen and oxygen atoms in total. The van der Waals surface area contributed by atoms with Crippen LogP contribution < -0.4 is 0 Å². The van der Waals surface area contributed by atoms with Crippen molar-refractivity contribution < 1.29 is 9.53 Å². The average Bonchev–Trinajstić information content (AvgIpc) is 2.96. The molecule has 2 heteroatoms. The maximum absolute atomic E-state index is 12.0. The number of aryl methyl sites for hydroxylation is 1. The van der Waals surface area contributed by atoms with Crippen LogP contribution >= 0.6 is 0 Å². The lowest BCUT2D eigenvalue weighted by Crippen LogP contribution is -2.06. The molecular formula is C22H34O2. The van der Waals surface area contributed by atoms with E-state index in [0.29, 0.717) is 0 Å². The Morgan fingerprint density at radius 3 is 2.29 bits per heavy atom. The number of carbonyl (C=O) groups is 1. The Morgan fingerprint density at radius 1 is 0.917 bits per heavy atom. The van der Waals surface area contributed by atoms with Gasteiger partial charge < -0.3 is 4.74 Å². The van der Waals surface area contributed by atoms with Gasteiger partial charge in [0.2, 0.25) is 0 Å². The Balaban J connectivity index is 1.77. The van der Waals surface area contributed by atoms with Crippen LogP contribution in [0.3, 0.4) is 0 Å². The van der Waals surface area contributed by atoms with E-state index in [1.807, 2.05) is 0 Å². The summed E-state index contributed by atoms with van der Waals surface area (Å²) < 4.78 is 5.62. The molecule has 0 amide bonds. The van der Waals surface area contributed by atoms with E-state index in [2.05, 4.69) is 38.1 Å². The summed E-state index contributed by atoms with van der Waals surface area (Å²) in [5, 5.41) is 0. The van der Waals surface area contributed by atoms with Crippen molar-refractivity contribution in [3.8, 4) is 0 Å². The zero-order valence-electron chi connectivity index (χ0n) is 15.6. The molecule has 1 aromatic rings. The molecule has 1 fully saturated rings. The number of hydrogen-bond acceptors (Lipinski definition) is 2. The lowest BCUT2D eigenvalue weighted by atomic mass is 9.94. The molecule has 1 heterocycles. The minimum absolute atomic E-state index is 0.0103. The molecule has 0 bridgehead atoms. The van der Waals surface area contributed by atoms with Gasteiger partial charge in [-0.3, -0.25) is 4.79 Å². The number of unbranched alkanes of at least 4 members (excludes halogenated alkanes) is 6. The van der Waals surface area contributed by atoms with Gasteiger partial charge in [-0.25, -0.2) is 0 Å². The molecule has 0 aromatic heterocycles. The number of esters is 1. The summed E-state index contributed by atoms with van der Waals surface area (Å²) in [6.45, 7) is 4.45. The third-order valence-corrected chi connectivity index (χ3v) is 5.17. The van der Waals surface area contributed by atoms with Crippen LogP contribution in [0, 0.1) is 5.92 Å². The maximum atomic E-state index is 12.0. The highest BCUT2D eigenvalue weighted by Crippen LogP contribution is 2.36. The predicted octanol–water partition coefficient (Wildman–Crippen LogP) is 6.38. The summed E-state index contributed by atoms with van der Waals surface area (Å²) in [7, 11) is 0. The molecule has 1 aromatic carbocycles. The maximum Gasteiger partial charge on any atom is 0.309 e. The first kappa shape index (κ1) is 19.0. The normalized spacial score (nSPS) is 20.3. The standard InChI is InChI=1S/C22H34O2/c1-3-5-7-8-10-11-18-13-15-19(16-14-18)21-17-20(22(23)24-21)12-9-6-4-2/h13-16,20-21H,3-12,17H2,1-2H3. The van der Waals surface area contributed by atoms with E-state index >= 15 is 0 Å². The molecule has 1 saturated heterocycles. The quantitative estimate of drug-likeness (QED) is 0.347. The summed E-state index contributed by atoms with van der Waals surface area (Å²) in [5.41, 5.74) is 2.56. The first-order valence-corrected chi connectivity index (χ1v) is 10.0. The molecule has 24 heavy (non-hydrogen) atoms. The summed E-state index contributed by atoms with van der Waals surface area (Å²) in [5.74, 6) is 0.121. The van der Waals surface area contributed by atoms with Crippen LogP contribution in [0.15, 0.2) is 24.3 Å². The Kier molecular flexibility index (Phi) is 8.35. The second-order valence-electron chi connectivity index (χ2n) is 7.26. The molecule has 0 radical (unpaired) electrons. The molecule has 0 aliphatic carbocycles. The third-order valence-electron chi connectivity index (χ3n) is 5.17. The van der Waals surface area contributed by atoms with Gasteiger partial charge in [-0.15, -0.1) is 0 Å². The van der Waals surface area contributed by atoms with E-state index in [0.717, 1.165) is 31.2 Å². The molecule has 1 aliphatic rings. The molecule has 0 spiro atoms. The topological polar surface area (TPSA) is 26.3 Å². The van der Waals surface area contributed by atoms with Gasteiger partial charge in [0, 0.05) is 6.42 Å². The van der Waals surface area contributed by atoms with Crippen molar-refractivity contribution in [3.05, 3.63) is 35.4 Å². The third kappa shape index (κ3) is 5.96. The van der Waals surface area contributed by atoms with Gasteiger partial charge in [0.05, 0.1) is 5.92 Å². The van der Waals surface area contributed by atoms with Gasteiger partial charge >= 0.3 is 5.97 Å². The fourth-order valence-corrected chi connectivity index (χ4v) is 3.55. The lowest BCUT2D eigenvalue weighted by Gasteiger charge is -2.10. The Hall–Kier alpha value is -1.31. The van der Waals surface area contributed by atoms with Crippen LogP contribution in [0.5, 0.6) is 0 Å². The first-order chi connectivity index (χ1) is 11.7. The summed E-state index contributed by atoms with van der Waals surface area (Å²) in [4.78, 5) is 12.0. The second-order valence-corrected chi connectivity index (χ2v) is 7.26. The minimum atomic E-state index is -0.0252. The largest absolute Gasteiger partial charge is 0.457 e. The fourth-order valence-electron chi connectivity index (χ4n) is 3.55. The first-order valence-electron chi connectivity index (χ1n) is 10.0. The lowest BCUT2D eigenvalue weighted by molar-refractivity contribution is -0.144. The second kappa shape index (κ2) is 10.5. The van der Waals surface area contributed by atoms with Gasteiger partial charge in [0.15, 0.2) is 0 Å². The Labute approximate surface area is 148 Å². The highest BCUT2D eigenvalue weighted by atomic mass is 16.5. The van der Waals surface area contributed by atoms with E-state index in [1.54, 1.807) is 0 Å². The highest BCUT2D eigenvalue weighted by Gasteiger charge is 2.34. The van der Waals surface area contributed by atoms with E-state index in [9.17, 15) is 4.79 Å².